The lowest BCUT2D eigenvalue weighted by Gasteiger charge is -2.20. The Morgan fingerprint density at radius 2 is 1.86 bits per heavy atom. The van der Waals surface area contributed by atoms with E-state index in [4.69, 9.17) is 9.16 Å². The Bertz CT molecular complexity index is 171. The standard InChI is InChI=1S/C11H24O2Si/c1-6-7-8-9-10-11(12-2)13-14(3,4)5/h10H,6-9H2,1-5H3/b11-10+. The van der Waals surface area contributed by atoms with Crippen LogP contribution in [0.25, 0.3) is 0 Å². The van der Waals surface area contributed by atoms with Crippen molar-refractivity contribution in [3.63, 3.8) is 0 Å². The number of hydrogen-bond donors (Lipinski definition) is 0. The van der Waals surface area contributed by atoms with Crippen molar-refractivity contribution in [2.45, 2.75) is 52.2 Å². The van der Waals surface area contributed by atoms with Gasteiger partial charge in [-0.05, 0) is 38.6 Å². The van der Waals surface area contributed by atoms with Crippen LogP contribution in [0.15, 0.2) is 12.0 Å². The average molecular weight is 216 g/mol. The van der Waals surface area contributed by atoms with Gasteiger partial charge in [0.05, 0.1) is 7.11 Å². The molecule has 0 aliphatic carbocycles. The first-order valence-corrected chi connectivity index (χ1v) is 8.83. The quantitative estimate of drug-likeness (QED) is 0.365. The molecular formula is C11H24O2Si. The van der Waals surface area contributed by atoms with Crippen molar-refractivity contribution in [1.82, 2.24) is 0 Å². The molecule has 0 N–H and O–H groups in total. The molecule has 0 atom stereocenters. The van der Waals surface area contributed by atoms with Crippen LogP contribution >= 0.6 is 0 Å². The summed E-state index contributed by atoms with van der Waals surface area (Å²) >= 11 is 0. The van der Waals surface area contributed by atoms with Crippen molar-refractivity contribution in [2.24, 2.45) is 0 Å². The molecule has 0 unspecified atom stereocenters. The molecule has 0 aromatic rings. The highest BCUT2D eigenvalue weighted by Crippen LogP contribution is 2.12. The van der Waals surface area contributed by atoms with E-state index in [1.54, 1.807) is 7.11 Å². The fourth-order valence-electron chi connectivity index (χ4n) is 1.08. The van der Waals surface area contributed by atoms with Gasteiger partial charge in [-0.3, -0.25) is 0 Å². The van der Waals surface area contributed by atoms with Gasteiger partial charge in [-0.15, -0.1) is 0 Å². The molecule has 0 heterocycles. The largest absolute Gasteiger partial charge is 0.520 e. The topological polar surface area (TPSA) is 18.5 Å². The molecular weight excluding hydrogens is 192 g/mol. The number of methoxy groups -OCH3 is 1. The lowest BCUT2D eigenvalue weighted by atomic mass is 10.2. The van der Waals surface area contributed by atoms with Crippen LogP contribution in [0.4, 0.5) is 0 Å². The highest BCUT2D eigenvalue weighted by Gasteiger charge is 2.17. The second-order valence-electron chi connectivity index (χ2n) is 4.44. The highest BCUT2D eigenvalue weighted by atomic mass is 28.4. The van der Waals surface area contributed by atoms with Crippen LogP contribution in [-0.2, 0) is 9.16 Å². The predicted molar refractivity (Wildman–Crippen MR) is 63.7 cm³/mol. The summed E-state index contributed by atoms with van der Waals surface area (Å²) in [5.41, 5.74) is 0. The molecule has 0 aliphatic rings. The first-order valence-electron chi connectivity index (χ1n) is 5.42. The summed E-state index contributed by atoms with van der Waals surface area (Å²) < 4.78 is 10.9. The average Bonchev–Trinajstić information content (AvgIpc) is 2.08. The van der Waals surface area contributed by atoms with Crippen LogP contribution in [0, 0.1) is 0 Å². The zero-order chi connectivity index (χ0) is 11.0. The summed E-state index contributed by atoms with van der Waals surface area (Å²) in [6.45, 7) is 8.68. The minimum atomic E-state index is -1.50. The van der Waals surface area contributed by atoms with Crippen molar-refractivity contribution >= 4 is 8.32 Å². The third kappa shape index (κ3) is 8.17. The molecule has 0 aromatic heterocycles. The van der Waals surface area contributed by atoms with E-state index in [1.807, 2.05) is 0 Å². The van der Waals surface area contributed by atoms with Gasteiger partial charge in [0.15, 0.2) is 0 Å². The Morgan fingerprint density at radius 1 is 1.21 bits per heavy atom. The molecule has 0 aromatic carbocycles. The first kappa shape index (κ1) is 13.6. The minimum Gasteiger partial charge on any atom is -0.520 e. The van der Waals surface area contributed by atoms with Gasteiger partial charge < -0.3 is 9.16 Å². The summed E-state index contributed by atoms with van der Waals surface area (Å²) in [7, 11) is 0.169. The number of ether oxygens (including phenoxy) is 1. The summed E-state index contributed by atoms with van der Waals surface area (Å²) in [5.74, 6) is 0.709. The number of rotatable bonds is 7. The zero-order valence-corrected chi connectivity index (χ0v) is 11.2. The Kier molecular flexibility index (Phi) is 6.71. The first-order chi connectivity index (χ1) is 6.49. The second kappa shape index (κ2) is 6.93. The Morgan fingerprint density at radius 3 is 2.29 bits per heavy atom. The van der Waals surface area contributed by atoms with E-state index >= 15 is 0 Å². The van der Waals surface area contributed by atoms with Crippen molar-refractivity contribution in [2.75, 3.05) is 7.11 Å². The molecule has 0 amide bonds. The van der Waals surface area contributed by atoms with Gasteiger partial charge in [-0.25, -0.2) is 0 Å². The molecule has 0 saturated carbocycles. The number of hydrogen-bond acceptors (Lipinski definition) is 2. The Balaban J connectivity index is 3.87. The molecule has 0 spiro atoms. The van der Waals surface area contributed by atoms with E-state index in [0.717, 1.165) is 6.42 Å². The van der Waals surface area contributed by atoms with Gasteiger partial charge in [0, 0.05) is 0 Å². The summed E-state index contributed by atoms with van der Waals surface area (Å²) in [6.07, 6.45) is 6.87. The highest BCUT2D eigenvalue weighted by molar-refractivity contribution is 6.69. The van der Waals surface area contributed by atoms with Gasteiger partial charge in [0.25, 0.3) is 5.95 Å². The third-order valence-electron chi connectivity index (χ3n) is 1.73. The lowest BCUT2D eigenvalue weighted by molar-refractivity contribution is 0.145. The van der Waals surface area contributed by atoms with Crippen molar-refractivity contribution in [1.29, 1.82) is 0 Å². The monoisotopic (exact) mass is 216 g/mol. The second-order valence-corrected chi connectivity index (χ2v) is 8.87. The summed E-state index contributed by atoms with van der Waals surface area (Å²) in [4.78, 5) is 0. The fraction of sp³-hybridized carbons (Fsp3) is 0.818. The maximum absolute atomic E-state index is 5.74. The van der Waals surface area contributed by atoms with Gasteiger partial charge in [0.1, 0.15) is 0 Å². The molecule has 0 saturated heterocycles. The van der Waals surface area contributed by atoms with E-state index in [0.29, 0.717) is 5.95 Å². The SMILES string of the molecule is CCCCC/C=C(\OC)O[Si](C)(C)C. The van der Waals surface area contributed by atoms with Gasteiger partial charge in [-0.1, -0.05) is 19.8 Å². The van der Waals surface area contributed by atoms with Crippen LogP contribution in [0.5, 0.6) is 0 Å². The van der Waals surface area contributed by atoms with Gasteiger partial charge >= 0.3 is 0 Å². The number of allylic oxidation sites excluding steroid dienone is 1. The molecule has 0 aliphatic heterocycles. The Labute approximate surface area is 89.4 Å². The van der Waals surface area contributed by atoms with E-state index in [9.17, 15) is 0 Å². The fourth-order valence-corrected chi connectivity index (χ4v) is 1.85. The van der Waals surface area contributed by atoms with Crippen molar-refractivity contribution < 1.29 is 9.16 Å². The predicted octanol–water partition coefficient (Wildman–Crippen LogP) is 3.91. The molecule has 0 fully saturated rings. The van der Waals surface area contributed by atoms with Crippen LogP contribution in [0.3, 0.4) is 0 Å². The molecule has 14 heavy (non-hydrogen) atoms. The third-order valence-corrected chi connectivity index (χ3v) is 2.54. The van der Waals surface area contributed by atoms with Crippen LogP contribution < -0.4 is 0 Å². The van der Waals surface area contributed by atoms with Crippen molar-refractivity contribution in [3.8, 4) is 0 Å². The van der Waals surface area contributed by atoms with Gasteiger partial charge in [-0.2, -0.15) is 0 Å². The maximum Gasteiger partial charge on any atom is 0.260 e. The Hall–Kier alpha value is -0.443. The van der Waals surface area contributed by atoms with Crippen LogP contribution in [-0.4, -0.2) is 15.4 Å². The van der Waals surface area contributed by atoms with Crippen LogP contribution in [0.2, 0.25) is 19.6 Å². The molecule has 0 rings (SSSR count). The molecule has 0 bridgehead atoms. The maximum atomic E-state index is 5.74. The molecule has 0 radical (unpaired) electrons. The molecule has 2 nitrogen and oxygen atoms in total. The van der Waals surface area contributed by atoms with Crippen molar-refractivity contribution in [3.05, 3.63) is 12.0 Å². The molecule has 84 valence electrons. The summed E-state index contributed by atoms with van der Waals surface area (Å²) in [6, 6.07) is 0. The summed E-state index contributed by atoms with van der Waals surface area (Å²) in [5, 5.41) is 0. The van der Waals surface area contributed by atoms with E-state index in [-0.39, 0.29) is 0 Å². The molecule has 3 heteroatoms. The van der Waals surface area contributed by atoms with E-state index < -0.39 is 8.32 Å². The van der Waals surface area contributed by atoms with Gasteiger partial charge in [0.2, 0.25) is 8.32 Å². The number of unbranched alkanes of at least 4 members (excludes halogenated alkanes) is 3. The van der Waals surface area contributed by atoms with E-state index in [1.165, 1.54) is 19.3 Å². The minimum absolute atomic E-state index is 0.709. The smallest absolute Gasteiger partial charge is 0.260 e. The normalized spacial score (nSPS) is 12.8. The lowest BCUT2D eigenvalue weighted by Crippen LogP contribution is -2.25. The zero-order valence-electron chi connectivity index (χ0n) is 10.2. The van der Waals surface area contributed by atoms with E-state index in [2.05, 4.69) is 32.6 Å². The van der Waals surface area contributed by atoms with Crippen LogP contribution in [0.1, 0.15) is 32.6 Å².